The lowest BCUT2D eigenvalue weighted by Gasteiger charge is -2.05. The van der Waals surface area contributed by atoms with Crippen molar-refractivity contribution in [2.75, 3.05) is 19.5 Å². The molecule has 0 bridgehead atoms. The van der Waals surface area contributed by atoms with Gasteiger partial charge in [-0.05, 0) is 0 Å². The Labute approximate surface area is 85.8 Å². The Hall–Kier alpha value is -0.630. The van der Waals surface area contributed by atoms with Crippen molar-refractivity contribution in [1.29, 1.82) is 0 Å². The smallest absolute Gasteiger partial charge is 0.276 e. The zero-order chi connectivity index (χ0) is 10.4. The summed E-state index contributed by atoms with van der Waals surface area (Å²) in [6, 6.07) is 0. The highest BCUT2D eigenvalue weighted by Crippen LogP contribution is 2.16. The van der Waals surface area contributed by atoms with E-state index < -0.39 is 6.10 Å². The van der Waals surface area contributed by atoms with Crippen molar-refractivity contribution >= 4 is 11.8 Å². The van der Waals surface area contributed by atoms with Gasteiger partial charge in [0.05, 0.1) is 19.3 Å². The molecule has 7 heteroatoms. The lowest BCUT2D eigenvalue weighted by molar-refractivity contribution is 0.0793. The molecule has 80 valence electrons. The number of nitrogens with zero attached hydrogens (tertiary/aromatic N) is 2. The van der Waals surface area contributed by atoms with Crippen molar-refractivity contribution in [2.24, 2.45) is 5.73 Å². The van der Waals surface area contributed by atoms with E-state index in [4.69, 9.17) is 14.9 Å². The molecular formula is C7H13N3O3S. The predicted octanol–water partition coefficient (Wildman–Crippen LogP) is -0.372. The number of hydrogen-bond acceptors (Lipinski definition) is 7. The first-order chi connectivity index (χ1) is 6.76. The Balaban J connectivity index is 2.30. The molecule has 1 heterocycles. The number of hydrogen-bond donors (Lipinski definition) is 2. The van der Waals surface area contributed by atoms with Gasteiger partial charge in [0.1, 0.15) is 0 Å². The Bertz CT molecular complexity index is 268. The van der Waals surface area contributed by atoms with Crippen LogP contribution in [0.4, 0.5) is 0 Å². The van der Waals surface area contributed by atoms with E-state index in [1.165, 1.54) is 18.9 Å². The second-order valence-electron chi connectivity index (χ2n) is 2.59. The first-order valence-electron chi connectivity index (χ1n) is 4.08. The third-order valence-corrected chi connectivity index (χ3v) is 2.34. The number of nitrogens with two attached hydrogens (primary N) is 1. The Morgan fingerprint density at radius 1 is 1.64 bits per heavy atom. The molecule has 0 saturated heterocycles. The van der Waals surface area contributed by atoms with Crippen molar-refractivity contribution in [3.8, 4) is 0 Å². The molecule has 0 fully saturated rings. The molecule has 6 nitrogen and oxygen atoms in total. The molecule has 0 aliphatic carbocycles. The predicted molar refractivity (Wildman–Crippen MR) is 50.8 cm³/mol. The third kappa shape index (κ3) is 3.62. The van der Waals surface area contributed by atoms with Crippen LogP contribution in [-0.2, 0) is 11.3 Å². The van der Waals surface area contributed by atoms with Crippen LogP contribution in [0, 0.1) is 0 Å². The van der Waals surface area contributed by atoms with E-state index in [0.717, 1.165) is 0 Å². The van der Waals surface area contributed by atoms with Crippen LogP contribution < -0.4 is 5.73 Å². The van der Waals surface area contributed by atoms with Crippen LogP contribution in [0.3, 0.4) is 0 Å². The van der Waals surface area contributed by atoms with E-state index in [2.05, 4.69) is 10.2 Å². The number of rotatable bonds is 6. The maximum atomic E-state index is 9.31. The van der Waals surface area contributed by atoms with Crippen LogP contribution in [0.5, 0.6) is 0 Å². The van der Waals surface area contributed by atoms with Gasteiger partial charge in [0.25, 0.3) is 5.22 Å². The van der Waals surface area contributed by atoms with Crippen LogP contribution in [0.2, 0.25) is 0 Å². The standard InChI is InChI=1S/C7H13N3O3S/c1-12-3-5(11)4-14-7-10-9-6(2-8)13-7/h5,11H,2-4,8H2,1H3. The van der Waals surface area contributed by atoms with Crippen molar-refractivity contribution in [1.82, 2.24) is 10.2 Å². The van der Waals surface area contributed by atoms with Gasteiger partial charge in [0.2, 0.25) is 5.89 Å². The van der Waals surface area contributed by atoms with Gasteiger partial charge in [-0.2, -0.15) is 0 Å². The topological polar surface area (TPSA) is 94.4 Å². The molecule has 14 heavy (non-hydrogen) atoms. The van der Waals surface area contributed by atoms with E-state index in [1.807, 2.05) is 0 Å². The molecule has 1 aromatic rings. The molecule has 1 atom stereocenters. The van der Waals surface area contributed by atoms with Crippen molar-refractivity contribution in [3.05, 3.63) is 5.89 Å². The van der Waals surface area contributed by atoms with Crippen LogP contribution in [0.15, 0.2) is 9.64 Å². The fourth-order valence-corrected chi connectivity index (χ4v) is 1.47. The first-order valence-corrected chi connectivity index (χ1v) is 5.07. The molecule has 0 aliphatic heterocycles. The Kier molecular flexibility index (Phi) is 4.88. The number of aromatic nitrogens is 2. The van der Waals surface area contributed by atoms with E-state index in [9.17, 15) is 5.11 Å². The monoisotopic (exact) mass is 219 g/mol. The molecule has 0 aromatic carbocycles. The van der Waals surface area contributed by atoms with Gasteiger partial charge in [-0.1, -0.05) is 11.8 Å². The average Bonchev–Trinajstić information content (AvgIpc) is 2.63. The summed E-state index contributed by atoms with van der Waals surface area (Å²) in [5.41, 5.74) is 5.29. The largest absolute Gasteiger partial charge is 0.415 e. The maximum absolute atomic E-state index is 9.31. The number of ether oxygens (including phenoxy) is 1. The summed E-state index contributed by atoms with van der Waals surface area (Å²) in [4.78, 5) is 0. The fraction of sp³-hybridized carbons (Fsp3) is 0.714. The molecule has 3 N–H and O–H groups in total. The first kappa shape index (κ1) is 11.4. The van der Waals surface area contributed by atoms with Gasteiger partial charge >= 0.3 is 0 Å². The zero-order valence-corrected chi connectivity index (χ0v) is 8.66. The normalized spacial score (nSPS) is 13.1. The van der Waals surface area contributed by atoms with E-state index in [-0.39, 0.29) is 6.54 Å². The minimum atomic E-state index is -0.529. The van der Waals surface area contributed by atoms with Gasteiger partial charge in [-0.3, -0.25) is 0 Å². The van der Waals surface area contributed by atoms with Crippen LogP contribution in [-0.4, -0.2) is 40.9 Å². The minimum absolute atomic E-state index is 0.230. The summed E-state index contributed by atoms with van der Waals surface area (Å²) in [5.74, 6) is 0.855. The SMILES string of the molecule is COCC(O)CSc1nnc(CN)o1. The molecule has 0 spiro atoms. The van der Waals surface area contributed by atoms with Crippen molar-refractivity contribution < 1.29 is 14.3 Å². The van der Waals surface area contributed by atoms with Gasteiger partial charge in [0.15, 0.2) is 0 Å². The van der Waals surface area contributed by atoms with Crippen molar-refractivity contribution in [2.45, 2.75) is 17.9 Å². The highest BCUT2D eigenvalue weighted by Gasteiger charge is 2.09. The number of aliphatic hydroxyl groups excluding tert-OH is 1. The summed E-state index contributed by atoms with van der Waals surface area (Å²) in [5, 5.41) is 17.1. The minimum Gasteiger partial charge on any atom is -0.415 e. The van der Waals surface area contributed by atoms with Crippen LogP contribution in [0.1, 0.15) is 5.89 Å². The molecule has 0 saturated carbocycles. The fourth-order valence-electron chi connectivity index (χ4n) is 0.787. The second-order valence-corrected chi connectivity index (χ2v) is 3.56. The van der Waals surface area contributed by atoms with Crippen molar-refractivity contribution in [3.63, 3.8) is 0 Å². The lowest BCUT2D eigenvalue weighted by Crippen LogP contribution is -2.16. The van der Waals surface area contributed by atoms with Gasteiger partial charge < -0.3 is 20.0 Å². The summed E-state index contributed by atoms with van der Waals surface area (Å²) in [6.45, 7) is 0.527. The summed E-state index contributed by atoms with van der Waals surface area (Å²) in [6.07, 6.45) is -0.529. The van der Waals surface area contributed by atoms with Gasteiger partial charge in [0, 0.05) is 12.9 Å². The summed E-state index contributed by atoms with van der Waals surface area (Å²) >= 11 is 1.28. The number of methoxy groups -OCH3 is 1. The quantitative estimate of drug-likeness (QED) is 0.630. The van der Waals surface area contributed by atoms with E-state index in [1.54, 1.807) is 0 Å². The van der Waals surface area contributed by atoms with E-state index in [0.29, 0.717) is 23.5 Å². The van der Waals surface area contributed by atoms with Crippen LogP contribution in [0.25, 0.3) is 0 Å². The molecule has 1 aromatic heterocycles. The second kappa shape index (κ2) is 5.97. The van der Waals surface area contributed by atoms with Crippen LogP contribution >= 0.6 is 11.8 Å². The highest BCUT2D eigenvalue weighted by molar-refractivity contribution is 7.99. The lowest BCUT2D eigenvalue weighted by atomic mass is 10.4. The number of thioether (sulfide) groups is 1. The Morgan fingerprint density at radius 2 is 2.43 bits per heavy atom. The van der Waals surface area contributed by atoms with Gasteiger partial charge in [-0.25, -0.2) is 0 Å². The average molecular weight is 219 g/mol. The highest BCUT2D eigenvalue weighted by atomic mass is 32.2. The molecule has 0 amide bonds. The molecule has 0 radical (unpaired) electrons. The molecular weight excluding hydrogens is 206 g/mol. The third-order valence-electron chi connectivity index (χ3n) is 1.38. The van der Waals surface area contributed by atoms with E-state index >= 15 is 0 Å². The number of aliphatic hydroxyl groups is 1. The summed E-state index contributed by atoms with van der Waals surface area (Å²) in [7, 11) is 1.53. The molecule has 0 aliphatic rings. The molecule has 1 unspecified atom stereocenters. The van der Waals surface area contributed by atoms with Gasteiger partial charge in [-0.15, -0.1) is 10.2 Å². The zero-order valence-electron chi connectivity index (χ0n) is 7.84. The Morgan fingerprint density at radius 3 is 3.00 bits per heavy atom. The maximum Gasteiger partial charge on any atom is 0.276 e. The summed E-state index contributed by atoms with van der Waals surface area (Å²) < 4.78 is 9.89. The molecule has 1 rings (SSSR count).